The first-order valence-corrected chi connectivity index (χ1v) is 6.77. The standard InChI is InChI=1S/C15H26N2O/c1-4-17(10-7-11-18)15(13(3)16)14-9-6-5-8-12(14)2/h5-6,8-9,13,15,18H,4,7,10-11,16H2,1-3H3. The van der Waals surface area contributed by atoms with Crippen LogP contribution in [0.3, 0.4) is 0 Å². The van der Waals surface area contributed by atoms with Crippen molar-refractivity contribution in [1.29, 1.82) is 0 Å². The van der Waals surface area contributed by atoms with E-state index in [-0.39, 0.29) is 18.7 Å². The third-order valence-corrected chi connectivity index (χ3v) is 3.41. The lowest BCUT2D eigenvalue weighted by molar-refractivity contribution is 0.165. The second-order valence-corrected chi connectivity index (χ2v) is 4.87. The second kappa shape index (κ2) is 7.52. The highest BCUT2D eigenvalue weighted by molar-refractivity contribution is 5.29. The lowest BCUT2D eigenvalue weighted by atomic mass is 9.95. The number of likely N-dealkylation sites (N-methyl/N-ethyl adjacent to an activating group) is 1. The summed E-state index contributed by atoms with van der Waals surface area (Å²) < 4.78 is 0. The Morgan fingerprint density at radius 3 is 2.50 bits per heavy atom. The molecule has 0 saturated carbocycles. The predicted octanol–water partition coefficient (Wildman–Crippen LogP) is 2.09. The van der Waals surface area contributed by atoms with Crippen LogP contribution < -0.4 is 5.73 Å². The molecule has 2 unspecified atom stereocenters. The van der Waals surface area contributed by atoms with Crippen LogP contribution in [0.2, 0.25) is 0 Å². The molecule has 0 saturated heterocycles. The monoisotopic (exact) mass is 250 g/mol. The molecule has 3 nitrogen and oxygen atoms in total. The molecular formula is C15H26N2O. The van der Waals surface area contributed by atoms with Crippen molar-refractivity contribution in [1.82, 2.24) is 4.90 Å². The Morgan fingerprint density at radius 1 is 1.33 bits per heavy atom. The number of nitrogens with two attached hydrogens (primary N) is 1. The quantitative estimate of drug-likeness (QED) is 0.779. The van der Waals surface area contributed by atoms with Crippen LogP contribution in [-0.4, -0.2) is 35.7 Å². The largest absolute Gasteiger partial charge is 0.396 e. The molecule has 0 radical (unpaired) electrons. The second-order valence-electron chi connectivity index (χ2n) is 4.87. The van der Waals surface area contributed by atoms with Crippen LogP contribution in [0.25, 0.3) is 0 Å². The van der Waals surface area contributed by atoms with Gasteiger partial charge in [-0.25, -0.2) is 0 Å². The van der Waals surface area contributed by atoms with Gasteiger partial charge in [0.25, 0.3) is 0 Å². The molecule has 0 aliphatic carbocycles. The van der Waals surface area contributed by atoms with Crippen molar-refractivity contribution >= 4 is 0 Å². The molecule has 0 spiro atoms. The smallest absolute Gasteiger partial charge is 0.0498 e. The Bertz CT molecular complexity index is 352. The lowest BCUT2D eigenvalue weighted by Gasteiger charge is -2.34. The summed E-state index contributed by atoms with van der Waals surface area (Å²) in [7, 11) is 0. The summed E-state index contributed by atoms with van der Waals surface area (Å²) in [5, 5.41) is 9.00. The molecule has 1 aromatic rings. The van der Waals surface area contributed by atoms with E-state index in [0.717, 1.165) is 19.5 Å². The zero-order valence-corrected chi connectivity index (χ0v) is 11.8. The first kappa shape index (κ1) is 15.2. The highest BCUT2D eigenvalue weighted by Crippen LogP contribution is 2.26. The number of hydrogen-bond acceptors (Lipinski definition) is 3. The molecule has 0 heterocycles. The molecule has 18 heavy (non-hydrogen) atoms. The molecule has 0 fully saturated rings. The first-order valence-electron chi connectivity index (χ1n) is 6.77. The third kappa shape index (κ3) is 3.80. The molecule has 2 atom stereocenters. The maximum atomic E-state index is 9.00. The van der Waals surface area contributed by atoms with Crippen molar-refractivity contribution in [2.24, 2.45) is 5.73 Å². The number of aliphatic hydroxyl groups is 1. The van der Waals surface area contributed by atoms with E-state index in [4.69, 9.17) is 10.8 Å². The van der Waals surface area contributed by atoms with E-state index in [1.165, 1.54) is 11.1 Å². The molecule has 0 aromatic heterocycles. The van der Waals surface area contributed by atoms with Crippen molar-refractivity contribution in [3.8, 4) is 0 Å². The van der Waals surface area contributed by atoms with E-state index >= 15 is 0 Å². The average molecular weight is 250 g/mol. The summed E-state index contributed by atoms with van der Waals surface area (Å²) in [5.74, 6) is 0. The fourth-order valence-electron chi connectivity index (χ4n) is 2.50. The van der Waals surface area contributed by atoms with E-state index in [1.54, 1.807) is 0 Å². The minimum Gasteiger partial charge on any atom is -0.396 e. The molecule has 0 aliphatic heterocycles. The minimum absolute atomic E-state index is 0.0738. The van der Waals surface area contributed by atoms with Gasteiger partial charge in [0.1, 0.15) is 0 Å². The first-order chi connectivity index (χ1) is 8.61. The molecular weight excluding hydrogens is 224 g/mol. The van der Waals surface area contributed by atoms with E-state index < -0.39 is 0 Å². The molecule has 0 amide bonds. The molecule has 102 valence electrons. The maximum Gasteiger partial charge on any atom is 0.0498 e. The highest BCUT2D eigenvalue weighted by Gasteiger charge is 2.23. The van der Waals surface area contributed by atoms with Crippen LogP contribution in [0.5, 0.6) is 0 Å². The van der Waals surface area contributed by atoms with Gasteiger partial charge in [-0.05, 0) is 37.9 Å². The van der Waals surface area contributed by atoms with E-state index in [1.807, 2.05) is 0 Å². The summed E-state index contributed by atoms with van der Waals surface area (Å²) in [5.41, 5.74) is 8.76. The number of rotatable bonds is 7. The summed E-state index contributed by atoms with van der Waals surface area (Å²) in [4.78, 5) is 2.35. The molecule has 0 aliphatic rings. The molecule has 1 aromatic carbocycles. The molecule has 1 rings (SSSR count). The van der Waals surface area contributed by atoms with Crippen LogP contribution in [0.15, 0.2) is 24.3 Å². The van der Waals surface area contributed by atoms with Crippen LogP contribution in [0.1, 0.15) is 37.4 Å². The number of nitrogens with zero attached hydrogens (tertiary/aromatic N) is 1. The number of benzene rings is 1. The van der Waals surface area contributed by atoms with Gasteiger partial charge in [0.15, 0.2) is 0 Å². The lowest BCUT2D eigenvalue weighted by Crippen LogP contribution is -2.40. The molecule has 3 heteroatoms. The normalized spacial score (nSPS) is 14.8. The minimum atomic E-state index is 0.0738. The van der Waals surface area contributed by atoms with Crippen LogP contribution in [0, 0.1) is 6.92 Å². The van der Waals surface area contributed by atoms with E-state index in [0.29, 0.717) is 0 Å². The van der Waals surface area contributed by atoms with Crippen molar-refractivity contribution < 1.29 is 5.11 Å². The Hall–Kier alpha value is -0.900. The summed E-state index contributed by atoms with van der Waals surface area (Å²) >= 11 is 0. The van der Waals surface area contributed by atoms with Gasteiger partial charge >= 0.3 is 0 Å². The average Bonchev–Trinajstić information content (AvgIpc) is 2.35. The van der Waals surface area contributed by atoms with Crippen LogP contribution >= 0.6 is 0 Å². The Labute approximate surface area is 111 Å². The summed E-state index contributed by atoms with van der Waals surface area (Å²) in [6.45, 7) is 8.39. The van der Waals surface area contributed by atoms with Crippen molar-refractivity contribution in [3.63, 3.8) is 0 Å². The van der Waals surface area contributed by atoms with Crippen LogP contribution in [0.4, 0.5) is 0 Å². The van der Waals surface area contributed by atoms with Crippen molar-refractivity contribution in [2.75, 3.05) is 19.7 Å². The highest BCUT2D eigenvalue weighted by atomic mass is 16.3. The molecule has 3 N–H and O–H groups in total. The summed E-state index contributed by atoms with van der Waals surface area (Å²) in [6.07, 6.45) is 0.795. The Morgan fingerprint density at radius 2 is 2.00 bits per heavy atom. The SMILES string of the molecule is CCN(CCCO)C(c1ccccc1C)C(C)N. The van der Waals surface area contributed by atoms with Gasteiger partial charge < -0.3 is 10.8 Å². The van der Waals surface area contributed by atoms with Gasteiger partial charge in [0.05, 0.1) is 0 Å². The zero-order valence-electron chi connectivity index (χ0n) is 11.8. The zero-order chi connectivity index (χ0) is 13.5. The topological polar surface area (TPSA) is 49.5 Å². The van der Waals surface area contributed by atoms with Crippen molar-refractivity contribution in [2.45, 2.75) is 39.3 Å². The fourth-order valence-corrected chi connectivity index (χ4v) is 2.50. The van der Waals surface area contributed by atoms with E-state index in [2.05, 4.69) is 49.9 Å². The number of aliphatic hydroxyl groups excluding tert-OH is 1. The van der Waals surface area contributed by atoms with Gasteiger partial charge in [0, 0.05) is 25.2 Å². The van der Waals surface area contributed by atoms with Gasteiger partial charge in [-0.3, -0.25) is 4.90 Å². The Balaban J connectivity index is 2.97. The van der Waals surface area contributed by atoms with Crippen molar-refractivity contribution in [3.05, 3.63) is 35.4 Å². The van der Waals surface area contributed by atoms with Gasteiger partial charge in [-0.2, -0.15) is 0 Å². The fraction of sp³-hybridized carbons (Fsp3) is 0.600. The number of hydrogen-bond donors (Lipinski definition) is 2. The van der Waals surface area contributed by atoms with E-state index in [9.17, 15) is 0 Å². The summed E-state index contributed by atoms with van der Waals surface area (Å²) in [6, 6.07) is 8.71. The van der Waals surface area contributed by atoms with Gasteiger partial charge in [0.2, 0.25) is 0 Å². The third-order valence-electron chi connectivity index (χ3n) is 3.41. The number of aryl methyl sites for hydroxylation is 1. The maximum absolute atomic E-state index is 9.00. The predicted molar refractivity (Wildman–Crippen MR) is 76.5 cm³/mol. The van der Waals surface area contributed by atoms with Gasteiger partial charge in [-0.15, -0.1) is 0 Å². The van der Waals surface area contributed by atoms with Gasteiger partial charge in [-0.1, -0.05) is 31.2 Å². The molecule has 0 bridgehead atoms. The Kier molecular flexibility index (Phi) is 6.33. The van der Waals surface area contributed by atoms with Crippen LogP contribution in [-0.2, 0) is 0 Å².